The van der Waals surface area contributed by atoms with Crippen LogP contribution in [-0.2, 0) is 11.3 Å². The number of carbonyl (C=O) groups excluding carboxylic acids is 1. The standard InChI is InChI=1S/C23H21N3O5S/c1-14-8-9-18(30-2)15(12-14)24-20(27)13-25-17-10-11-32-21(17)22(28)26(23(25)29)16-6-4-5-7-19(16)31-3/h4-12H,13H2,1-3H3,(H,24,27). The highest BCUT2D eigenvalue weighted by Crippen LogP contribution is 2.25. The number of hydrogen-bond donors (Lipinski definition) is 1. The third-order valence-electron chi connectivity index (χ3n) is 5.01. The minimum atomic E-state index is -0.628. The predicted molar refractivity (Wildman–Crippen MR) is 125 cm³/mol. The van der Waals surface area contributed by atoms with Crippen LogP contribution in [0, 0.1) is 6.92 Å². The second kappa shape index (κ2) is 8.72. The fraction of sp³-hybridized carbons (Fsp3) is 0.174. The van der Waals surface area contributed by atoms with E-state index in [4.69, 9.17) is 9.47 Å². The molecule has 0 fully saturated rings. The Morgan fingerprint density at radius 3 is 2.53 bits per heavy atom. The molecular formula is C23H21N3O5S. The average Bonchev–Trinajstić information content (AvgIpc) is 3.27. The van der Waals surface area contributed by atoms with Gasteiger partial charge in [0.1, 0.15) is 22.7 Å². The van der Waals surface area contributed by atoms with Gasteiger partial charge in [-0.15, -0.1) is 11.3 Å². The van der Waals surface area contributed by atoms with Gasteiger partial charge in [0.05, 0.1) is 31.1 Å². The van der Waals surface area contributed by atoms with Gasteiger partial charge < -0.3 is 14.8 Å². The number of amides is 1. The third kappa shape index (κ3) is 3.78. The molecule has 4 rings (SSSR count). The molecule has 0 atom stereocenters. The lowest BCUT2D eigenvalue weighted by molar-refractivity contribution is -0.116. The smallest absolute Gasteiger partial charge is 0.336 e. The molecule has 9 heteroatoms. The zero-order valence-electron chi connectivity index (χ0n) is 17.7. The van der Waals surface area contributed by atoms with Gasteiger partial charge in [0.15, 0.2) is 0 Å². The monoisotopic (exact) mass is 451 g/mol. The number of aromatic nitrogens is 2. The first kappa shape index (κ1) is 21.4. The first-order valence-electron chi connectivity index (χ1n) is 9.75. The molecule has 0 spiro atoms. The normalized spacial score (nSPS) is 10.8. The molecule has 4 aromatic rings. The van der Waals surface area contributed by atoms with Crippen molar-refractivity contribution in [2.75, 3.05) is 19.5 Å². The lowest BCUT2D eigenvalue weighted by Crippen LogP contribution is -2.40. The van der Waals surface area contributed by atoms with Crippen LogP contribution in [0.1, 0.15) is 5.56 Å². The molecule has 1 amide bonds. The minimum Gasteiger partial charge on any atom is -0.495 e. The molecule has 164 valence electrons. The summed E-state index contributed by atoms with van der Waals surface area (Å²) >= 11 is 1.21. The van der Waals surface area contributed by atoms with Gasteiger partial charge in [-0.05, 0) is 48.2 Å². The molecule has 0 aliphatic rings. The van der Waals surface area contributed by atoms with Crippen molar-refractivity contribution in [3.8, 4) is 17.2 Å². The molecule has 8 nitrogen and oxygen atoms in total. The number of nitrogens with one attached hydrogen (secondary N) is 1. The van der Waals surface area contributed by atoms with Crippen molar-refractivity contribution in [1.29, 1.82) is 0 Å². The number of ether oxygens (including phenoxy) is 2. The molecule has 0 unspecified atom stereocenters. The Kier molecular flexibility index (Phi) is 5.83. The van der Waals surface area contributed by atoms with Gasteiger partial charge in [-0.1, -0.05) is 18.2 Å². The molecule has 2 aromatic carbocycles. The fourth-order valence-electron chi connectivity index (χ4n) is 3.52. The van der Waals surface area contributed by atoms with Gasteiger partial charge in [-0.25, -0.2) is 9.36 Å². The SMILES string of the molecule is COc1ccc(C)cc1NC(=O)Cn1c(=O)n(-c2ccccc2OC)c(=O)c2sccc21. The van der Waals surface area contributed by atoms with E-state index in [1.807, 2.05) is 13.0 Å². The number of fused-ring (bicyclic) bond motifs is 1. The van der Waals surface area contributed by atoms with Crippen LogP contribution in [0.2, 0.25) is 0 Å². The first-order valence-corrected chi connectivity index (χ1v) is 10.6. The van der Waals surface area contributed by atoms with Crippen LogP contribution in [0.3, 0.4) is 0 Å². The highest BCUT2D eigenvalue weighted by Gasteiger charge is 2.20. The molecule has 0 aliphatic carbocycles. The van der Waals surface area contributed by atoms with Crippen LogP contribution in [0.15, 0.2) is 63.5 Å². The van der Waals surface area contributed by atoms with Gasteiger partial charge >= 0.3 is 5.69 Å². The fourth-order valence-corrected chi connectivity index (χ4v) is 4.34. The van der Waals surface area contributed by atoms with E-state index >= 15 is 0 Å². The number of methoxy groups -OCH3 is 2. The van der Waals surface area contributed by atoms with Crippen LogP contribution < -0.4 is 26.0 Å². The molecule has 0 saturated carbocycles. The van der Waals surface area contributed by atoms with Gasteiger partial charge in [-0.2, -0.15) is 0 Å². The molecule has 32 heavy (non-hydrogen) atoms. The Morgan fingerprint density at radius 2 is 1.78 bits per heavy atom. The highest BCUT2D eigenvalue weighted by molar-refractivity contribution is 7.17. The number of para-hydroxylation sites is 2. The van der Waals surface area contributed by atoms with Crippen molar-refractivity contribution >= 4 is 33.1 Å². The molecule has 0 bridgehead atoms. The zero-order chi connectivity index (χ0) is 22.8. The predicted octanol–water partition coefficient (Wildman–Crippen LogP) is 3.18. The summed E-state index contributed by atoms with van der Waals surface area (Å²) in [5.74, 6) is 0.466. The summed E-state index contributed by atoms with van der Waals surface area (Å²) in [6, 6.07) is 13.8. The second-order valence-electron chi connectivity index (χ2n) is 7.07. The summed E-state index contributed by atoms with van der Waals surface area (Å²) in [5.41, 5.74) is 1.09. The van der Waals surface area contributed by atoms with E-state index in [0.29, 0.717) is 33.1 Å². The topological polar surface area (TPSA) is 91.6 Å². The Bertz CT molecular complexity index is 1430. The Balaban J connectivity index is 1.81. The van der Waals surface area contributed by atoms with Gasteiger partial charge in [-0.3, -0.25) is 14.2 Å². The van der Waals surface area contributed by atoms with Crippen molar-refractivity contribution in [2.24, 2.45) is 0 Å². The maximum absolute atomic E-state index is 13.4. The van der Waals surface area contributed by atoms with Crippen molar-refractivity contribution in [2.45, 2.75) is 13.5 Å². The molecule has 0 aliphatic heterocycles. The molecular weight excluding hydrogens is 430 g/mol. The number of hydrogen-bond acceptors (Lipinski definition) is 6. The summed E-state index contributed by atoms with van der Waals surface area (Å²) in [5, 5.41) is 4.52. The largest absolute Gasteiger partial charge is 0.495 e. The third-order valence-corrected chi connectivity index (χ3v) is 5.90. The van der Waals surface area contributed by atoms with E-state index in [1.54, 1.807) is 47.8 Å². The van der Waals surface area contributed by atoms with Crippen LogP contribution >= 0.6 is 11.3 Å². The van der Waals surface area contributed by atoms with Crippen LogP contribution in [0.5, 0.6) is 11.5 Å². The minimum absolute atomic E-state index is 0.279. The molecule has 0 saturated heterocycles. The van der Waals surface area contributed by atoms with Crippen molar-refractivity contribution in [3.05, 3.63) is 80.3 Å². The first-order chi connectivity index (χ1) is 15.4. The van der Waals surface area contributed by atoms with Crippen LogP contribution in [0.25, 0.3) is 15.9 Å². The van der Waals surface area contributed by atoms with E-state index in [9.17, 15) is 14.4 Å². The highest BCUT2D eigenvalue weighted by atomic mass is 32.1. The number of rotatable bonds is 6. The zero-order valence-corrected chi connectivity index (χ0v) is 18.6. The number of aryl methyl sites for hydroxylation is 1. The summed E-state index contributed by atoms with van der Waals surface area (Å²) in [7, 11) is 2.98. The Hall–Kier alpha value is -3.85. The lowest BCUT2D eigenvalue weighted by atomic mass is 10.2. The van der Waals surface area contributed by atoms with Crippen molar-refractivity contribution in [1.82, 2.24) is 9.13 Å². The molecule has 2 heterocycles. The molecule has 1 N–H and O–H groups in total. The van der Waals surface area contributed by atoms with Crippen molar-refractivity contribution < 1.29 is 14.3 Å². The summed E-state index contributed by atoms with van der Waals surface area (Å²) in [4.78, 5) is 39.4. The van der Waals surface area contributed by atoms with Gasteiger partial charge in [0.25, 0.3) is 5.56 Å². The van der Waals surface area contributed by atoms with E-state index in [0.717, 1.165) is 10.1 Å². The Labute approximate surface area is 187 Å². The Morgan fingerprint density at radius 1 is 1.03 bits per heavy atom. The maximum atomic E-state index is 13.4. The lowest BCUT2D eigenvalue weighted by Gasteiger charge is -2.15. The maximum Gasteiger partial charge on any atom is 0.336 e. The van der Waals surface area contributed by atoms with E-state index in [1.165, 1.54) is 30.1 Å². The van der Waals surface area contributed by atoms with Gasteiger partial charge in [0, 0.05) is 0 Å². The van der Waals surface area contributed by atoms with Crippen LogP contribution in [-0.4, -0.2) is 29.3 Å². The number of benzene rings is 2. The number of carbonyl (C=O) groups is 1. The summed E-state index contributed by atoms with van der Waals surface area (Å²) < 4.78 is 13.4. The second-order valence-corrected chi connectivity index (χ2v) is 7.98. The number of anilines is 1. The van der Waals surface area contributed by atoms with E-state index in [2.05, 4.69) is 5.32 Å². The number of nitrogens with zero attached hydrogens (tertiary/aromatic N) is 2. The van der Waals surface area contributed by atoms with E-state index in [-0.39, 0.29) is 6.54 Å². The molecule has 2 aromatic heterocycles. The van der Waals surface area contributed by atoms with Gasteiger partial charge in [0.2, 0.25) is 5.91 Å². The quantitative estimate of drug-likeness (QED) is 0.486. The summed E-state index contributed by atoms with van der Waals surface area (Å²) in [6.07, 6.45) is 0. The van der Waals surface area contributed by atoms with Crippen molar-refractivity contribution in [3.63, 3.8) is 0 Å². The molecule has 0 radical (unpaired) electrons. The van der Waals surface area contributed by atoms with E-state index < -0.39 is 17.2 Å². The summed E-state index contributed by atoms with van der Waals surface area (Å²) in [6.45, 7) is 1.62. The number of thiophene rings is 1. The average molecular weight is 452 g/mol. The van der Waals surface area contributed by atoms with Crippen LogP contribution in [0.4, 0.5) is 5.69 Å².